The normalized spacial score (nSPS) is 29.0. The predicted octanol–water partition coefficient (Wildman–Crippen LogP) is 6.41. The van der Waals surface area contributed by atoms with E-state index in [1.54, 1.807) is 31.2 Å². The highest BCUT2D eigenvalue weighted by atomic mass is 35.5. The summed E-state index contributed by atoms with van der Waals surface area (Å²) in [6.07, 6.45) is 4.50. The molecule has 3 heterocycles. The van der Waals surface area contributed by atoms with E-state index in [9.17, 15) is 28.7 Å². The van der Waals surface area contributed by atoms with Gasteiger partial charge in [0.2, 0.25) is 23.6 Å². The highest BCUT2D eigenvalue weighted by Crippen LogP contribution is 2.64. The van der Waals surface area contributed by atoms with Gasteiger partial charge in [0.25, 0.3) is 0 Å². The lowest BCUT2D eigenvalue weighted by Crippen LogP contribution is -2.48. The second kappa shape index (κ2) is 10.8. The van der Waals surface area contributed by atoms with E-state index in [0.29, 0.717) is 24.0 Å². The van der Waals surface area contributed by atoms with Gasteiger partial charge in [0.05, 0.1) is 40.4 Å². The molecule has 0 radical (unpaired) electrons. The van der Waals surface area contributed by atoms with Crippen molar-refractivity contribution in [1.82, 2.24) is 4.90 Å². The molecule has 4 amide bonds. The van der Waals surface area contributed by atoms with Gasteiger partial charge >= 0.3 is 0 Å². The summed E-state index contributed by atoms with van der Waals surface area (Å²) in [6.45, 7) is 5.72. The highest BCUT2D eigenvalue weighted by Gasteiger charge is 2.68. The summed E-state index contributed by atoms with van der Waals surface area (Å²) in [5.74, 6) is -5.57. The number of likely N-dealkylation sites (tertiary alicyclic amines) is 1. The molecule has 10 heteroatoms. The van der Waals surface area contributed by atoms with Gasteiger partial charge in [-0.15, -0.1) is 17.9 Å². The van der Waals surface area contributed by atoms with Crippen LogP contribution < -0.4 is 4.90 Å². The predicted molar refractivity (Wildman–Crippen MR) is 168 cm³/mol. The van der Waals surface area contributed by atoms with Crippen LogP contribution in [0.1, 0.15) is 41.7 Å². The van der Waals surface area contributed by atoms with E-state index in [2.05, 4.69) is 6.58 Å². The zero-order chi connectivity index (χ0) is 31.8. The number of allylic oxidation sites excluding steroid dienone is 3. The molecule has 6 atom stereocenters. The molecule has 3 fully saturated rings. The molecule has 0 spiro atoms. The van der Waals surface area contributed by atoms with Gasteiger partial charge in [-0.25, -0.2) is 9.29 Å². The second-order valence-corrected chi connectivity index (χ2v) is 13.9. The lowest BCUT2D eigenvalue weighted by atomic mass is 9.51. The van der Waals surface area contributed by atoms with Crippen molar-refractivity contribution in [3.63, 3.8) is 0 Å². The SMILES string of the molecule is C=CCc1cccc(C2C3=CCC4C(=O)N(Cc5cccs5)C(=O)C4C3CC3C(=O)N(c4ccc(F)c(Cl)c4)C(=O)C32C)c1O. The molecule has 1 saturated carbocycles. The Morgan fingerprint density at radius 1 is 1.09 bits per heavy atom. The van der Waals surface area contributed by atoms with Gasteiger partial charge in [-0.3, -0.25) is 24.1 Å². The van der Waals surface area contributed by atoms with Crippen LogP contribution in [-0.2, 0) is 32.1 Å². The van der Waals surface area contributed by atoms with Crippen LogP contribution in [0.5, 0.6) is 5.75 Å². The van der Waals surface area contributed by atoms with Gasteiger partial charge in [0.1, 0.15) is 11.6 Å². The third-order valence-corrected chi connectivity index (χ3v) is 11.4. The lowest BCUT2D eigenvalue weighted by molar-refractivity contribution is -0.141. The van der Waals surface area contributed by atoms with Gasteiger partial charge in [-0.2, -0.15) is 0 Å². The summed E-state index contributed by atoms with van der Waals surface area (Å²) in [5.41, 5.74) is 0.676. The number of phenolic OH excluding ortho intramolecular Hbond substituents is 1. The van der Waals surface area contributed by atoms with Crippen LogP contribution in [0.4, 0.5) is 10.1 Å². The number of phenols is 1. The van der Waals surface area contributed by atoms with E-state index in [0.717, 1.165) is 21.4 Å². The number of hydrogen-bond donors (Lipinski definition) is 1. The summed E-state index contributed by atoms with van der Waals surface area (Å²) in [7, 11) is 0. The van der Waals surface area contributed by atoms with Crippen molar-refractivity contribution >= 4 is 52.3 Å². The number of rotatable bonds is 6. The van der Waals surface area contributed by atoms with Crippen molar-refractivity contribution in [2.45, 2.75) is 38.6 Å². The molecule has 45 heavy (non-hydrogen) atoms. The molecule has 0 bridgehead atoms. The van der Waals surface area contributed by atoms with Gasteiger partial charge in [-0.05, 0) is 67.3 Å². The number of carbonyl (C=O) groups excluding carboxylic acids is 4. The zero-order valence-corrected chi connectivity index (χ0v) is 26.0. The van der Waals surface area contributed by atoms with E-state index >= 15 is 0 Å². The highest BCUT2D eigenvalue weighted by molar-refractivity contribution is 7.09. The maximum absolute atomic E-state index is 14.5. The smallest absolute Gasteiger partial charge is 0.241 e. The largest absolute Gasteiger partial charge is 0.507 e. The van der Waals surface area contributed by atoms with E-state index in [1.165, 1.54) is 28.4 Å². The number of benzene rings is 2. The van der Waals surface area contributed by atoms with Crippen LogP contribution in [0.25, 0.3) is 0 Å². The van der Waals surface area contributed by atoms with Gasteiger partial charge in [0.15, 0.2) is 0 Å². The molecule has 2 aliphatic heterocycles. The number of aromatic hydroxyl groups is 1. The molecule has 2 aromatic carbocycles. The Hall–Kier alpha value is -4.08. The number of thiophene rings is 1. The first-order chi connectivity index (χ1) is 21.6. The van der Waals surface area contributed by atoms with E-state index < -0.39 is 52.6 Å². The summed E-state index contributed by atoms with van der Waals surface area (Å²) in [4.78, 5) is 59.8. The number of amides is 4. The zero-order valence-electron chi connectivity index (χ0n) is 24.4. The molecule has 7 nitrogen and oxygen atoms in total. The third kappa shape index (κ3) is 4.27. The number of nitrogens with zero attached hydrogens (tertiary/aromatic N) is 2. The van der Waals surface area contributed by atoms with Crippen LogP contribution in [0.15, 0.2) is 78.2 Å². The Morgan fingerprint density at radius 2 is 1.89 bits per heavy atom. The number of hydrogen-bond acceptors (Lipinski definition) is 6. The van der Waals surface area contributed by atoms with Crippen molar-refractivity contribution in [3.8, 4) is 5.75 Å². The van der Waals surface area contributed by atoms with Crippen molar-refractivity contribution in [1.29, 1.82) is 0 Å². The molecule has 6 unspecified atom stereocenters. The van der Waals surface area contributed by atoms with Crippen molar-refractivity contribution in [2.24, 2.45) is 29.1 Å². The fourth-order valence-corrected chi connectivity index (χ4v) is 9.04. The molecule has 1 N–H and O–H groups in total. The molecule has 230 valence electrons. The quantitative estimate of drug-likeness (QED) is 0.247. The van der Waals surface area contributed by atoms with Crippen LogP contribution in [0.3, 0.4) is 0 Å². The molecule has 2 saturated heterocycles. The average Bonchev–Trinajstić information content (AvgIpc) is 3.67. The first kappa shape index (κ1) is 29.6. The standard InChI is InChI=1S/C35H30ClFN2O5S/c1-3-6-18-7-4-9-23(30(18)40)29-21-11-12-22-28(33(43)38(31(22)41)17-20-8-5-14-45-20)24(21)16-25-32(42)39(34(44)35(25,29)2)19-10-13-27(37)26(36)15-19/h3-5,7-11,13-15,22,24-25,28-29,40H,1,6,12,16-17H2,2H3. The molecule has 7 rings (SSSR count). The molecular weight excluding hydrogens is 615 g/mol. The monoisotopic (exact) mass is 644 g/mol. The fourth-order valence-electron chi connectivity index (χ4n) is 8.17. The summed E-state index contributed by atoms with van der Waals surface area (Å²) in [6, 6.07) is 12.8. The molecule has 3 aromatic rings. The van der Waals surface area contributed by atoms with Crippen LogP contribution in [0.2, 0.25) is 5.02 Å². The van der Waals surface area contributed by atoms with Crippen LogP contribution >= 0.6 is 22.9 Å². The van der Waals surface area contributed by atoms with Gasteiger partial charge < -0.3 is 5.11 Å². The summed E-state index contributed by atoms with van der Waals surface area (Å²) >= 11 is 7.55. The Kier molecular flexibility index (Phi) is 7.09. The maximum atomic E-state index is 14.5. The molecule has 1 aromatic heterocycles. The minimum absolute atomic E-state index is 0.00252. The summed E-state index contributed by atoms with van der Waals surface area (Å²) in [5, 5.41) is 13.3. The average molecular weight is 645 g/mol. The Balaban J connectivity index is 1.37. The number of imide groups is 2. The Morgan fingerprint density at radius 3 is 2.60 bits per heavy atom. The minimum atomic E-state index is -1.35. The Labute approximate surface area is 268 Å². The lowest BCUT2D eigenvalue weighted by Gasteiger charge is -2.49. The number of anilines is 1. The van der Waals surface area contributed by atoms with Crippen LogP contribution in [0, 0.1) is 34.9 Å². The Bertz CT molecular complexity index is 1820. The number of carbonyl (C=O) groups is 4. The topological polar surface area (TPSA) is 95.0 Å². The fraction of sp³-hybridized carbons (Fsp3) is 0.314. The van der Waals surface area contributed by atoms with Crippen molar-refractivity contribution < 1.29 is 28.7 Å². The summed E-state index contributed by atoms with van der Waals surface area (Å²) < 4.78 is 14.1. The first-order valence-electron chi connectivity index (χ1n) is 14.9. The number of para-hydroxylation sites is 1. The van der Waals surface area contributed by atoms with Crippen molar-refractivity contribution in [3.05, 3.63) is 105 Å². The van der Waals surface area contributed by atoms with E-state index in [-0.39, 0.29) is 41.2 Å². The molecule has 2 aliphatic carbocycles. The number of halogens is 2. The van der Waals surface area contributed by atoms with E-state index in [1.807, 2.05) is 23.6 Å². The van der Waals surface area contributed by atoms with Gasteiger partial charge in [-0.1, -0.05) is 53.6 Å². The van der Waals surface area contributed by atoms with Crippen LogP contribution in [-0.4, -0.2) is 33.6 Å². The molecular formula is C35H30ClFN2O5S. The number of fused-ring (bicyclic) bond motifs is 4. The minimum Gasteiger partial charge on any atom is -0.507 e. The molecule has 4 aliphatic rings. The van der Waals surface area contributed by atoms with E-state index in [4.69, 9.17) is 11.6 Å². The third-order valence-electron chi connectivity index (χ3n) is 10.2. The first-order valence-corrected chi connectivity index (χ1v) is 16.2. The van der Waals surface area contributed by atoms with Gasteiger partial charge in [0, 0.05) is 16.4 Å². The second-order valence-electron chi connectivity index (χ2n) is 12.4. The van der Waals surface area contributed by atoms with Crippen molar-refractivity contribution in [2.75, 3.05) is 4.90 Å². The maximum Gasteiger partial charge on any atom is 0.241 e.